The van der Waals surface area contributed by atoms with Crippen LogP contribution in [0.2, 0.25) is 0 Å². The van der Waals surface area contributed by atoms with E-state index in [0.717, 1.165) is 4.90 Å². The van der Waals surface area contributed by atoms with Crippen LogP contribution < -0.4 is 0 Å². The maximum Gasteiger partial charge on any atom is 0.147 e. The van der Waals surface area contributed by atoms with Gasteiger partial charge in [0.1, 0.15) is 18.7 Å². The molecule has 0 aromatic heterocycles. The summed E-state index contributed by atoms with van der Waals surface area (Å²) in [7, 11) is 0. The third kappa shape index (κ3) is 2.62. The monoisotopic (exact) mass is 146 g/mol. The van der Waals surface area contributed by atoms with Crippen LogP contribution in [0.25, 0.3) is 0 Å². The largest absolute Gasteiger partial charge is 0.218 e. The van der Waals surface area contributed by atoms with Gasteiger partial charge in [0, 0.05) is 0 Å². The van der Waals surface area contributed by atoms with Crippen molar-refractivity contribution >= 4 is 0 Å². The van der Waals surface area contributed by atoms with Gasteiger partial charge in [0.15, 0.2) is 0 Å². The molecule has 0 heterocycles. The Labute approximate surface area is 60.7 Å². The summed E-state index contributed by atoms with van der Waals surface area (Å²) in [6.45, 7) is 3.88. The Balaban J connectivity index is 3.98. The quantitative estimate of drug-likeness (QED) is 0.538. The molecule has 0 rings (SSSR count). The molecule has 0 bridgehead atoms. The predicted molar refractivity (Wildman–Crippen MR) is 32.3 cm³/mol. The minimum absolute atomic E-state index is 0.833. The van der Waals surface area contributed by atoms with Gasteiger partial charge in [0.25, 0.3) is 0 Å². The second-order valence-electron chi connectivity index (χ2n) is 2.25. The van der Waals surface area contributed by atoms with Crippen molar-refractivity contribution in [2.75, 3.05) is 0 Å². The molecule has 0 N–H and O–H groups in total. The van der Waals surface area contributed by atoms with Crippen LogP contribution in [0.3, 0.4) is 0 Å². The van der Waals surface area contributed by atoms with Crippen molar-refractivity contribution in [3.05, 3.63) is 0 Å². The SMILES string of the molecule is CC([O])N(C(C)[O])C(C)[O]. The van der Waals surface area contributed by atoms with Crippen LogP contribution in [0.4, 0.5) is 0 Å². The molecule has 4 heteroatoms. The fraction of sp³-hybridized carbons (Fsp3) is 1.00. The first kappa shape index (κ1) is 9.84. The van der Waals surface area contributed by atoms with Crippen LogP contribution in [-0.4, -0.2) is 23.6 Å². The van der Waals surface area contributed by atoms with E-state index in [0.29, 0.717) is 0 Å². The summed E-state index contributed by atoms with van der Waals surface area (Å²) in [5.74, 6) is 0. The van der Waals surface area contributed by atoms with E-state index < -0.39 is 18.7 Å². The van der Waals surface area contributed by atoms with E-state index >= 15 is 0 Å². The van der Waals surface area contributed by atoms with Crippen molar-refractivity contribution in [1.82, 2.24) is 4.90 Å². The predicted octanol–water partition coefficient (Wildman–Crippen LogP) is 0.618. The van der Waals surface area contributed by atoms with Crippen molar-refractivity contribution in [3.63, 3.8) is 0 Å². The number of rotatable bonds is 3. The van der Waals surface area contributed by atoms with Gasteiger partial charge in [0.2, 0.25) is 0 Å². The fourth-order valence-corrected chi connectivity index (χ4v) is 0.887. The van der Waals surface area contributed by atoms with E-state index in [2.05, 4.69) is 0 Å². The lowest BCUT2D eigenvalue weighted by Gasteiger charge is -2.26. The zero-order valence-corrected chi connectivity index (χ0v) is 6.40. The second-order valence-corrected chi connectivity index (χ2v) is 2.25. The van der Waals surface area contributed by atoms with E-state index in [9.17, 15) is 15.3 Å². The van der Waals surface area contributed by atoms with Crippen molar-refractivity contribution < 1.29 is 15.3 Å². The van der Waals surface area contributed by atoms with Crippen LogP contribution >= 0.6 is 0 Å². The Bertz CT molecular complexity index is 74.0. The second kappa shape index (κ2) is 3.88. The van der Waals surface area contributed by atoms with Crippen LogP contribution in [-0.2, 0) is 15.3 Å². The Morgan fingerprint density at radius 1 is 0.800 bits per heavy atom. The molecule has 0 aliphatic carbocycles. The van der Waals surface area contributed by atoms with Crippen LogP contribution in [0.15, 0.2) is 0 Å². The summed E-state index contributed by atoms with van der Waals surface area (Å²) >= 11 is 0. The van der Waals surface area contributed by atoms with Crippen molar-refractivity contribution in [1.29, 1.82) is 0 Å². The molecule has 10 heavy (non-hydrogen) atoms. The van der Waals surface area contributed by atoms with E-state index in [-0.39, 0.29) is 0 Å². The highest BCUT2D eigenvalue weighted by Crippen LogP contribution is 2.05. The maximum atomic E-state index is 10.6. The van der Waals surface area contributed by atoms with Gasteiger partial charge in [-0.25, -0.2) is 20.2 Å². The summed E-state index contributed by atoms with van der Waals surface area (Å²) in [5.41, 5.74) is 0. The maximum absolute atomic E-state index is 10.6. The highest BCUT2D eigenvalue weighted by atomic mass is 16.4. The topological polar surface area (TPSA) is 62.9 Å². The molecule has 3 atom stereocenters. The van der Waals surface area contributed by atoms with Gasteiger partial charge in [-0.15, -0.1) is 0 Å². The third-order valence-corrected chi connectivity index (χ3v) is 1.26. The molecule has 0 saturated heterocycles. The van der Waals surface area contributed by atoms with Gasteiger partial charge in [-0.3, -0.25) is 0 Å². The normalized spacial score (nSPS) is 20.7. The summed E-state index contributed by atoms with van der Waals surface area (Å²) in [6.07, 6.45) is -3.62. The number of hydrogen-bond donors (Lipinski definition) is 0. The molecule has 0 fully saturated rings. The van der Waals surface area contributed by atoms with E-state index in [4.69, 9.17) is 0 Å². The van der Waals surface area contributed by atoms with Gasteiger partial charge < -0.3 is 0 Å². The molecule has 0 spiro atoms. The van der Waals surface area contributed by atoms with E-state index in [1.54, 1.807) is 0 Å². The smallest absolute Gasteiger partial charge is 0.147 e. The summed E-state index contributed by atoms with van der Waals surface area (Å²) in [6, 6.07) is 0. The Hall–Kier alpha value is -0.160. The molecule has 59 valence electrons. The van der Waals surface area contributed by atoms with Crippen molar-refractivity contribution in [3.8, 4) is 0 Å². The van der Waals surface area contributed by atoms with Gasteiger partial charge in [-0.1, -0.05) is 0 Å². The molecule has 0 amide bonds. The molecule has 0 saturated carbocycles. The lowest BCUT2D eigenvalue weighted by atomic mass is 10.4. The van der Waals surface area contributed by atoms with Crippen LogP contribution in [0, 0.1) is 0 Å². The van der Waals surface area contributed by atoms with Gasteiger partial charge in [0.05, 0.1) is 0 Å². The first-order chi connectivity index (χ1) is 4.46. The molecule has 0 aliphatic rings. The van der Waals surface area contributed by atoms with Gasteiger partial charge in [-0.2, -0.15) is 0 Å². The lowest BCUT2D eigenvalue weighted by molar-refractivity contribution is -0.211. The van der Waals surface area contributed by atoms with Gasteiger partial charge >= 0.3 is 0 Å². The Kier molecular flexibility index (Phi) is 3.81. The Morgan fingerprint density at radius 3 is 1.00 bits per heavy atom. The third-order valence-electron chi connectivity index (χ3n) is 1.26. The minimum Gasteiger partial charge on any atom is -0.218 e. The average Bonchev–Trinajstić information content (AvgIpc) is 1.59. The molecule has 0 aliphatic heterocycles. The van der Waals surface area contributed by atoms with E-state index in [1.165, 1.54) is 20.8 Å². The van der Waals surface area contributed by atoms with Crippen LogP contribution in [0.1, 0.15) is 20.8 Å². The summed E-state index contributed by atoms with van der Waals surface area (Å²) in [5, 5.41) is 31.9. The molecule has 0 aromatic rings. The van der Waals surface area contributed by atoms with Crippen LogP contribution in [0.5, 0.6) is 0 Å². The van der Waals surface area contributed by atoms with Crippen molar-refractivity contribution in [2.45, 2.75) is 39.5 Å². The lowest BCUT2D eigenvalue weighted by Crippen LogP contribution is -2.44. The average molecular weight is 146 g/mol. The standard InChI is InChI=1S/C6H12NO3/c1-4(8)7(5(2)9)6(3)10/h4-6H,1-3H3. The fourth-order valence-electron chi connectivity index (χ4n) is 0.887. The van der Waals surface area contributed by atoms with Crippen molar-refractivity contribution in [2.24, 2.45) is 0 Å². The van der Waals surface area contributed by atoms with E-state index in [1.807, 2.05) is 0 Å². The summed E-state index contributed by atoms with van der Waals surface area (Å²) in [4.78, 5) is 0.833. The summed E-state index contributed by atoms with van der Waals surface area (Å²) < 4.78 is 0. The molecule has 4 nitrogen and oxygen atoms in total. The molecule has 3 radical (unpaired) electrons. The first-order valence-corrected chi connectivity index (χ1v) is 3.21. The highest BCUT2D eigenvalue weighted by Gasteiger charge is 2.23. The zero-order valence-electron chi connectivity index (χ0n) is 6.40. The number of hydrogen-bond acceptors (Lipinski definition) is 1. The molecule has 3 unspecified atom stereocenters. The number of nitrogens with zero attached hydrogens (tertiary/aromatic N) is 1. The van der Waals surface area contributed by atoms with Gasteiger partial charge in [-0.05, 0) is 20.8 Å². The zero-order chi connectivity index (χ0) is 8.31. The highest BCUT2D eigenvalue weighted by molar-refractivity contribution is 4.58. The molecule has 0 aromatic carbocycles. The minimum atomic E-state index is -1.21. The molecular weight excluding hydrogens is 134 g/mol. The molecular formula is C6H12NO3. The first-order valence-electron chi connectivity index (χ1n) is 3.21. The Morgan fingerprint density at radius 2 is 1.00 bits per heavy atom.